The molecular weight excluding hydrogens is 416 g/mol. The Kier molecular flexibility index (Phi) is 4.67. The number of dihydropyridines is 1. The monoisotopic (exact) mass is 436 g/mol. The van der Waals surface area contributed by atoms with Crippen molar-refractivity contribution in [3.8, 4) is 0 Å². The summed E-state index contributed by atoms with van der Waals surface area (Å²) in [4.78, 5) is 6.67. The Bertz CT molecular complexity index is 1360. The van der Waals surface area contributed by atoms with Crippen molar-refractivity contribution >= 4 is 71.7 Å². The summed E-state index contributed by atoms with van der Waals surface area (Å²) in [6.45, 7) is 0.876. The zero-order valence-corrected chi connectivity index (χ0v) is 18.5. The molecule has 2 nitrogen and oxygen atoms in total. The molecule has 3 aromatic carbocycles. The van der Waals surface area contributed by atoms with E-state index in [1.807, 2.05) is 6.21 Å². The van der Waals surface area contributed by atoms with Gasteiger partial charge in [-0.15, -0.1) is 22.7 Å². The first-order chi connectivity index (χ1) is 15.3. The van der Waals surface area contributed by atoms with Crippen LogP contribution in [0.15, 0.2) is 94.6 Å². The molecule has 2 aromatic heterocycles. The molecule has 0 unspecified atom stereocenters. The number of hydrogen-bond donors (Lipinski definition) is 0. The minimum Gasteiger partial charge on any atom is -0.310 e. The van der Waals surface area contributed by atoms with Crippen LogP contribution < -0.4 is 4.90 Å². The van der Waals surface area contributed by atoms with Gasteiger partial charge >= 0.3 is 0 Å². The molecule has 150 valence electrons. The summed E-state index contributed by atoms with van der Waals surface area (Å²) in [5.41, 5.74) is 6.15. The molecule has 0 bridgehead atoms. The van der Waals surface area contributed by atoms with Crippen molar-refractivity contribution < 1.29 is 0 Å². The number of hydrogen-bond acceptors (Lipinski definition) is 4. The number of aliphatic imine (C=N–C) groups is 1. The molecule has 0 fully saturated rings. The van der Waals surface area contributed by atoms with E-state index in [-0.39, 0.29) is 0 Å². The fourth-order valence-corrected chi connectivity index (χ4v) is 5.73. The minimum absolute atomic E-state index is 0.876. The van der Waals surface area contributed by atoms with Crippen LogP contribution >= 0.6 is 22.7 Å². The number of allylic oxidation sites excluding steroid dienone is 1. The van der Waals surface area contributed by atoms with Crippen molar-refractivity contribution in [2.45, 2.75) is 6.42 Å². The van der Waals surface area contributed by atoms with E-state index < -0.39 is 0 Å². The molecule has 0 atom stereocenters. The van der Waals surface area contributed by atoms with Crippen LogP contribution in [0.3, 0.4) is 0 Å². The SMILES string of the molecule is C1=NCCC(c2ccc(N(c3ccc4sccc4c3)c3ccc4sccc4c3)cc2)=C1. The molecule has 6 rings (SSSR count). The first-order valence-corrected chi connectivity index (χ1v) is 12.2. The second kappa shape index (κ2) is 7.80. The summed E-state index contributed by atoms with van der Waals surface area (Å²) in [7, 11) is 0. The number of nitrogens with zero attached hydrogens (tertiary/aromatic N) is 2. The molecule has 0 spiro atoms. The third-order valence-corrected chi connectivity index (χ3v) is 7.57. The fourth-order valence-electron chi connectivity index (χ4n) is 4.18. The number of rotatable bonds is 4. The van der Waals surface area contributed by atoms with Crippen molar-refractivity contribution in [3.05, 3.63) is 95.2 Å². The van der Waals surface area contributed by atoms with E-state index in [2.05, 4.69) is 99.5 Å². The maximum atomic E-state index is 4.31. The third kappa shape index (κ3) is 3.48. The van der Waals surface area contributed by atoms with Gasteiger partial charge in [0.15, 0.2) is 0 Å². The molecule has 0 N–H and O–H groups in total. The Morgan fingerprint density at radius 2 is 1.29 bits per heavy atom. The van der Waals surface area contributed by atoms with Crippen LogP contribution in [0, 0.1) is 0 Å². The van der Waals surface area contributed by atoms with Crippen molar-refractivity contribution in [2.75, 3.05) is 11.4 Å². The van der Waals surface area contributed by atoms with Crippen LogP contribution in [0.25, 0.3) is 25.7 Å². The molecule has 4 heteroatoms. The Balaban J connectivity index is 1.47. The summed E-state index contributed by atoms with van der Waals surface area (Å²) >= 11 is 3.57. The number of thiophene rings is 2. The Morgan fingerprint density at radius 3 is 1.87 bits per heavy atom. The van der Waals surface area contributed by atoms with E-state index in [0.29, 0.717) is 0 Å². The average Bonchev–Trinajstić information content (AvgIpc) is 3.49. The zero-order valence-electron chi connectivity index (χ0n) is 16.9. The minimum atomic E-state index is 0.876. The molecule has 0 amide bonds. The second-order valence-corrected chi connectivity index (χ2v) is 9.56. The van der Waals surface area contributed by atoms with Crippen LogP contribution in [0.5, 0.6) is 0 Å². The largest absolute Gasteiger partial charge is 0.310 e. The molecule has 1 aliphatic rings. The van der Waals surface area contributed by atoms with Crippen molar-refractivity contribution in [2.24, 2.45) is 4.99 Å². The van der Waals surface area contributed by atoms with E-state index in [9.17, 15) is 0 Å². The fraction of sp³-hybridized carbons (Fsp3) is 0.0741. The second-order valence-electron chi connectivity index (χ2n) is 7.66. The maximum Gasteiger partial charge on any atom is 0.0468 e. The van der Waals surface area contributed by atoms with Gasteiger partial charge in [0.2, 0.25) is 0 Å². The standard InChI is InChI=1S/C27H20N2S2/c1-3-23(4-2-19(1)20-9-13-28-14-10-20)29(24-5-7-26-21(17-24)11-15-30-26)25-6-8-27-22(18-25)12-16-31-27/h1-9,11-13,15-18H,10,14H2. The van der Waals surface area contributed by atoms with Gasteiger partial charge in [0.1, 0.15) is 0 Å². The Morgan fingerprint density at radius 1 is 0.677 bits per heavy atom. The molecule has 3 heterocycles. The van der Waals surface area contributed by atoms with Gasteiger partial charge in [0.05, 0.1) is 0 Å². The highest BCUT2D eigenvalue weighted by molar-refractivity contribution is 7.17. The lowest BCUT2D eigenvalue weighted by atomic mass is 10.0. The summed E-state index contributed by atoms with van der Waals surface area (Å²) in [5.74, 6) is 0. The number of anilines is 3. The third-order valence-electron chi connectivity index (χ3n) is 5.78. The van der Waals surface area contributed by atoms with Crippen molar-refractivity contribution in [3.63, 3.8) is 0 Å². The molecular formula is C27H20N2S2. The lowest BCUT2D eigenvalue weighted by Gasteiger charge is -2.26. The first kappa shape index (κ1) is 18.6. The van der Waals surface area contributed by atoms with Gasteiger partial charge in [-0.05, 0) is 106 Å². The lowest BCUT2D eigenvalue weighted by molar-refractivity contribution is 1.02. The zero-order chi connectivity index (χ0) is 20.6. The summed E-state index contributed by atoms with van der Waals surface area (Å²) in [6.07, 6.45) is 5.06. The van der Waals surface area contributed by atoms with Crippen LogP contribution in [0.4, 0.5) is 17.1 Å². The molecule has 0 saturated heterocycles. The van der Waals surface area contributed by atoms with Gasteiger partial charge in [0, 0.05) is 39.2 Å². The van der Waals surface area contributed by atoms with E-state index in [1.165, 1.54) is 42.7 Å². The highest BCUT2D eigenvalue weighted by Gasteiger charge is 2.15. The van der Waals surface area contributed by atoms with Crippen LogP contribution in [-0.4, -0.2) is 12.8 Å². The normalized spacial score (nSPS) is 13.6. The van der Waals surface area contributed by atoms with Crippen LogP contribution in [0.1, 0.15) is 12.0 Å². The smallest absolute Gasteiger partial charge is 0.0468 e. The predicted molar refractivity (Wildman–Crippen MR) is 138 cm³/mol. The molecule has 0 radical (unpaired) electrons. The van der Waals surface area contributed by atoms with Crippen molar-refractivity contribution in [1.29, 1.82) is 0 Å². The van der Waals surface area contributed by atoms with Crippen LogP contribution in [-0.2, 0) is 0 Å². The highest BCUT2D eigenvalue weighted by Crippen LogP contribution is 2.39. The first-order valence-electron chi connectivity index (χ1n) is 10.4. The Labute approximate surface area is 189 Å². The van der Waals surface area contributed by atoms with Gasteiger partial charge in [0.25, 0.3) is 0 Å². The Hall–Kier alpha value is -3.21. The molecule has 0 saturated carbocycles. The van der Waals surface area contributed by atoms with Gasteiger partial charge < -0.3 is 4.90 Å². The molecule has 0 aliphatic carbocycles. The summed E-state index contributed by atoms with van der Waals surface area (Å²) in [5, 5.41) is 6.89. The van der Waals surface area contributed by atoms with Crippen LogP contribution in [0.2, 0.25) is 0 Å². The van der Waals surface area contributed by atoms with Gasteiger partial charge in [-0.1, -0.05) is 12.1 Å². The highest BCUT2D eigenvalue weighted by atomic mass is 32.1. The topological polar surface area (TPSA) is 15.6 Å². The summed E-state index contributed by atoms with van der Waals surface area (Å²) < 4.78 is 2.64. The van der Waals surface area contributed by atoms with Crippen molar-refractivity contribution in [1.82, 2.24) is 0 Å². The maximum absolute atomic E-state index is 4.31. The van der Waals surface area contributed by atoms with E-state index >= 15 is 0 Å². The predicted octanol–water partition coefficient (Wildman–Crippen LogP) is 8.44. The van der Waals surface area contributed by atoms with E-state index in [0.717, 1.165) is 18.7 Å². The number of benzene rings is 3. The molecule has 5 aromatic rings. The van der Waals surface area contributed by atoms with Gasteiger partial charge in [-0.25, -0.2) is 0 Å². The lowest BCUT2D eigenvalue weighted by Crippen LogP contribution is -2.09. The van der Waals surface area contributed by atoms with Gasteiger partial charge in [-0.2, -0.15) is 0 Å². The van der Waals surface area contributed by atoms with E-state index in [4.69, 9.17) is 0 Å². The molecule has 31 heavy (non-hydrogen) atoms. The van der Waals surface area contributed by atoms with E-state index in [1.54, 1.807) is 22.7 Å². The summed E-state index contributed by atoms with van der Waals surface area (Å²) in [6, 6.07) is 26.8. The van der Waals surface area contributed by atoms with Gasteiger partial charge in [-0.3, -0.25) is 4.99 Å². The quantitative estimate of drug-likeness (QED) is 0.276. The molecule has 1 aliphatic heterocycles. The average molecular weight is 437 g/mol. The number of fused-ring (bicyclic) bond motifs is 2.